The van der Waals surface area contributed by atoms with Crippen LogP contribution in [0, 0.1) is 5.82 Å². The van der Waals surface area contributed by atoms with Gasteiger partial charge in [0.1, 0.15) is 5.82 Å². The molecule has 0 radical (unpaired) electrons. The zero-order valence-electron chi connectivity index (χ0n) is 8.81. The number of thiazole rings is 1. The van der Waals surface area contributed by atoms with Crippen molar-refractivity contribution in [3.05, 3.63) is 41.2 Å². The average Bonchev–Trinajstić information content (AvgIpc) is 2.63. The van der Waals surface area contributed by atoms with Crippen molar-refractivity contribution in [2.75, 3.05) is 11.1 Å². The Morgan fingerprint density at radius 1 is 1.53 bits per heavy atom. The Kier molecular flexibility index (Phi) is 3.34. The number of benzene rings is 1. The molecule has 2 aromatic rings. The Morgan fingerprint density at radius 3 is 3.00 bits per heavy atom. The van der Waals surface area contributed by atoms with Gasteiger partial charge < -0.3 is 11.1 Å². The molecule has 0 saturated heterocycles. The second-order valence-corrected chi connectivity index (χ2v) is 4.30. The highest BCUT2D eigenvalue weighted by atomic mass is 32.1. The molecule has 1 aromatic heterocycles. The highest BCUT2D eigenvalue weighted by Gasteiger charge is 2.07. The Balaban J connectivity index is 1.98. The number of nitrogens with one attached hydrogen (secondary N) is 1. The molecule has 0 unspecified atom stereocenters. The van der Waals surface area contributed by atoms with E-state index in [1.807, 2.05) is 0 Å². The van der Waals surface area contributed by atoms with Crippen LogP contribution in [0.1, 0.15) is 5.69 Å². The summed E-state index contributed by atoms with van der Waals surface area (Å²) >= 11 is 1.28. The maximum atomic E-state index is 12.9. The van der Waals surface area contributed by atoms with Crippen LogP contribution >= 0.6 is 11.3 Å². The molecule has 0 aliphatic heterocycles. The van der Waals surface area contributed by atoms with Gasteiger partial charge in [-0.3, -0.25) is 4.79 Å². The maximum Gasteiger partial charge on any atom is 0.230 e. The molecular weight excluding hydrogens is 241 g/mol. The quantitative estimate of drug-likeness (QED) is 0.877. The molecule has 6 heteroatoms. The van der Waals surface area contributed by atoms with Crippen molar-refractivity contribution in [3.63, 3.8) is 0 Å². The van der Waals surface area contributed by atoms with Crippen molar-refractivity contribution < 1.29 is 9.18 Å². The van der Waals surface area contributed by atoms with Crippen LogP contribution in [0.25, 0.3) is 0 Å². The molecule has 2 rings (SSSR count). The summed E-state index contributed by atoms with van der Waals surface area (Å²) in [7, 11) is 0. The van der Waals surface area contributed by atoms with Crippen LogP contribution in [0.4, 0.5) is 15.2 Å². The highest BCUT2D eigenvalue weighted by molar-refractivity contribution is 7.13. The molecule has 17 heavy (non-hydrogen) atoms. The lowest BCUT2D eigenvalue weighted by molar-refractivity contribution is -0.115. The lowest BCUT2D eigenvalue weighted by Crippen LogP contribution is -2.14. The van der Waals surface area contributed by atoms with Crippen molar-refractivity contribution in [2.45, 2.75) is 6.42 Å². The first-order valence-corrected chi connectivity index (χ1v) is 5.77. The Bertz CT molecular complexity index is 541. The molecule has 1 amide bonds. The van der Waals surface area contributed by atoms with Crippen LogP contribution in [0.5, 0.6) is 0 Å². The van der Waals surface area contributed by atoms with Crippen LogP contribution < -0.4 is 11.1 Å². The zero-order chi connectivity index (χ0) is 12.3. The number of aromatic nitrogens is 1. The van der Waals surface area contributed by atoms with Crippen LogP contribution in [-0.4, -0.2) is 10.9 Å². The fraction of sp³-hybridized carbons (Fsp3) is 0.0909. The molecular formula is C11H10FN3OS. The Hall–Kier alpha value is -1.95. The number of rotatable bonds is 3. The first kappa shape index (κ1) is 11.5. The van der Waals surface area contributed by atoms with Crippen LogP contribution in [0.15, 0.2) is 29.6 Å². The number of amides is 1. The minimum atomic E-state index is -0.388. The zero-order valence-corrected chi connectivity index (χ0v) is 9.63. The van der Waals surface area contributed by atoms with Crippen molar-refractivity contribution in [1.82, 2.24) is 4.98 Å². The Morgan fingerprint density at radius 2 is 2.35 bits per heavy atom. The van der Waals surface area contributed by atoms with E-state index in [0.717, 1.165) is 0 Å². The number of hydrogen-bond donors (Lipinski definition) is 2. The monoisotopic (exact) mass is 251 g/mol. The van der Waals surface area contributed by atoms with E-state index in [1.54, 1.807) is 11.4 Å². The van der Waals surface area contributed by atoms with Gasteiger partial charge in [0.15, 0.2) is 5.13 Å². The molecule has 4 nitrogen and oxygen atoms in total. The number of halogens is 1. The van der Waals surface area contributed by atoms with Gasteiger partial charge in [-0.15, -0.1) is 11.3 Å². The van der Waals surface area contributed by atoms with Crippen LogP contribution in [0.2, 0.25) is 0 Å². The summed E-state index contributed by atoms with van der Waals surface area (Å²) in [5.74, 6) is -0.637. The van der Waals surface area contributed by atoms with Gasteiger partial charge in [-0.25, -0.2) is 9.37 Å². The molecule has 0 aliphatic rings. The van der Waals surface area contributed by atoms with Gasteiger partial charge in [0.05, 0.1) is 12.1 Å². The number of carbonyl (C=O) groups excluding carboxylic acids is 1. The van der Waals surface area contributed by atoms with E-state index < -0.39 is 0 Å². The van der Waals surface area contributed by atoms with Gasteiger partial charge in [-0.2, -0.15) is 0 Å². The molecule has 0 bridgehead atoms. The topological polar surface area (TPSA) is 68.0 Å². The van der Waals surface area contributed by atoms with Gasteiger partial charge in [0.2, 0.25) is 5.91 Å². The number of hydrogen-bond acceptors (Lipinski definition) is 4. The van der Waals surface area contributed by atoms with Gasteiger partial charge in [0.25, 0.3) is 0 Å². The lowest BCUT2D eigenvalue weighted by Gasteiger charge is -2.03. The summed E-state index contributed by atoms with van der Waals surface area (Å²) in [6.07, 6.45) is 0.129. The predicted molar refractivity (Wildman–Crippen MR) is 65.3 cm³/mol. The molecule has 0 atom stereocenters. The minimum Gasteiger partial charge on any atom is -0.375 e. The fourth-order valence-corrected chi connectivity index (χ4v) is 1.90. The van der Waals surface area contributed by atoms with Gasteiger partial charge >= 0.3 is 0 Å². The third kappa shape index (κ3) is 3.25. The first-order valence-electron chi connectivity index (χ1n) is 4.89. The van der Waals surface area contributed by atoms with E-state index in [-0.39, 0.29) is 18.1 Å². The fourth-order valence-electron chi connectivity index (χ4n) is 1.34. The predicted octanol–water partition coefficient (Wildman–Crippen LogP) is 2.05. The number of carbonyl (C=O) groups is 1. The first-order chi connectivity index (χ1) is 8.13. The second-order valence-electron chi connectivity index (χ2n) is 3.41. The largest absolute Gasteiger partial charge is 0.375 e. The minimum absolute atomic E-state index is 0.129. The number of nitrogens with two attached hydrogens (primary N) is 1. The second kappa shape index (κ2) is 4.92. The lowest BCUT2D eigenvalue weighted by atomic mass is 10.3. The average molecular weight is 251 g/mol. The van der Waals surface area contributed by atoms with E-state index in [1.165, 1.54) is 29.5 Å². The maximum absolute atomic E-state index is 12.9. The Labute approximate surface area is 101 Å². The highest BCUT2D eigenvalue weighted by Crippen LogP contribution is 2.13. The van der Waals surface area contributed by atoms with Crippen molar-refractivity contribution in [1.29, 1.82) is 0 Å². The molecule has 3 N–H and O–H groups in total. The van der Waals surface area contributed by atoms with Gasteiger partial charge in [-0.1, -0.05) is 6.07 Å². The number of nitrogen functional groups attached to an aromatic ring is 1. The number of nitrogens with zero attached hydrogens (tertiary/aromatic N) is 1. The van der Waals surface area contributed by atoms with Gasteiger partial charge in [-0.05, 0) is 18.2 Å². The third-order valence-electron chi connectivity index (χ3n) is 2.02. The van der Waals surface area contributed by atoms with Crippen LogP contribution in [0.3, 0.4) is 0 Å². The van der Waals surface area contributed by atoms with Crippen molar-refractivity contribution in [2.24, 2.45) is 0 Å². The summed E-state index contributed by atoms with van der Waals surface area (Å²) in [4.78, 5) is 15.6. The molecule has 1 heterocycles. The molecule has 0 fully saturated rings. The van der Waals surface area contributed by atoms with E-state index in [9.17, 15) is 9.18 Å². The smallest absolute Gasteiger partial charge is 0.230 e. The molecule has 0 saturated carbocycles. The molecule has 1 aromatic carbocycles. The summed E-state index contributed by atoms with van der Waals surface area (Å²) in [5.41, 5.74) is 6.49. The van der Waals surface area contributed by atoms with E-state index in [4.69, 9.17) is 5.73 Å². The summed E-state index contributed by atoms with van der Waals surface area (Å²) in [6.45, 7) is 0. The number of anilines is 2. The molecule has 0 spiro atoms. The standard InChI is InChI=1S/C11H10FN3OS/c12-7-2-1-3-8(4-7)14-10(16)5-9-6-17-11(13)15-9/h1-4,6H,5H2,(H2,13,15)(H,14,16). The van der Waals surface area contributed by atoms with Crippen molar-refractivity contribution in [3.8, 4) is 0 Å². The molecule has 88 valence electrons. The molecule has 0 aliphatic carbocycles. The summed E-state index contributed by atoms with van der Waals surface area (Å²) < 4.78 is 12.9. The van der Waals surface area contributed by atoms with E-state index in [2.05, 4.69) is 10.3 Å². The van der Waals surface area contributed by atoms with E-state index in [0.29, 0.717) is 16.5 Å². The summed E-state index contributed by atoms with van der Waals surface area (Å²) in [5, 5.41) is 4.74. The SMILES string of the molecule is Nc1nc(CC(=O)Nc2cccc(F)c2)cs1. The normalized spacial score (nSPS) is 10.2. The van der Waals surface area contributed by atoms with Crippen LogP contribution in [-0.2, 0) is 11.2 Å². The van der Waals surface area contributed by atoms with Crippen molar-refractivity contribution >= 4 is 28.1 Å². The van der Waals surface area contributed by atoms with E-state index >= 15 is 0 Å². The third-order valence-corrected chi connectivity index (χ3v) is 2.74. The summed E-state index contributed by atoms with van der Waals surface area (Å²) in [6, 6.07) is 5.73. The van der Waals surface area contributed by atoms with Gasteiger partial charge in [0, 0.05) is 11.1 Å².